The summed E-state index contributed by atoms with van der Waals surface area (Å²) in [4.78, 5) is 24.0. The topological polar surface area (TPSA) is 120 Å². The van der Waals surface area contributed by atoms with E-state index in [-0.39, 0.29) is 11.8 Å². The molecule has 0 aromatic heterocycles. The number of unbranched alkanes of at least 4 members (excludes halogenated alkanes) is 3. The molecule has 0 radical (unpaired) electrons. The van der Waals surface area contributed by atoms with Gasteiger partial charge >= 0.3 is 0 Å². The number of hydrogen-bond acceptors (Lipinski definition) is 8. The number of carbonyl (C=O) groups excluding carboxylic acids is 2. The fourth-order valence-electron chi connectivity index (χ4n) is 3.41. The first-order valence-electron chi connectivity index (χ1n) is 11.6. The number of carbonyl (C=O) groups is 2. The second-order valence-corrected chi connectivity index (χ2v) is 7.67. The Morgan fingerprint density at radius 3 is 1.44 bits per heavy atom. The third-order valence-electron chi connectivity index (χ3n) is 5.21. The highest BCUT2D eigenvalue weighted by atomic mass is 16.5. The van der Waals surface area contributed by atoms with Crippen LogP contribution in [0.1, 0.15) is 49.7 Å². The number of hydrazone groups is 2. The number of hydrogen-bond donors (Lipinski definition) is 2. The predicted molar refractivity (Wildman–Crippen MR) is 138 cm³/mol. The molecule has 0 saturated carbocycles. The van der Waals surface area contributed by atoms with Crippen LogP contribution in [0.5, 0.6) is 23.0 Å². The van der Waals surface area contributed by atoms with Crippen molar-refractivity contribution in [2.75, 3.05) is 28.4 Å². The second kappa shape index (κ2) is 15.8. The largest absolute Gasteiger partial charge is 0.493 e. The summed E-state index contributed by atoms with van der Waals surface area (Å²) in [6, 6.07) is 10.8. The van der Waals surface area contributed by atoms with E-state index in [9.17, 15) is 9.59 Å². The maximum Gasteiger partial charge on any atom is 0.240 e. The van der Waals surface area contributed by atoms with E-state index < -0.39 is 0 Å². The maximum absolute atomic E-state index is 12.0. The van der Waals surface area contributed by atoms with Crippen molar-refractivity contribution in [1.29, 1.82) is 0 Å². The lowest BCUT2D eigenvalue weighted by atomic mass is 10.1. The summed E-state index contributed by atoms with van der Waals surface area (Å²) in [5.74, 6) is 1.93. The molecule has 0 aliphatic carbocycles. The van der Waals surface area contributed by atoms with Gasteiger partial charge in [0.1, 0.15) is 0 Å². The Labute approximate surface area is 211 Å². The molecule has 0 fully saturated rings. The van der Waals surface area contributed by atoms with Crippen molar-refractivity contribution in [3.05, 3.63) is 47.5 Å². The first-order chi connectivity index (χ1) is 17.5. The lowest BCUT2D eigenvalue weighted by Gasteiger charge is -2.09. The fraction of sp³-hybridized carbons (Fsp3) is 0.385. The van der Waals surface area contributed by atoms with Crippen molar-refractivity contribution < 1.29 is 28.5 Å². The summed E-state index contributed by atoms with van der Waals surface area (Å²) in [5.41, 5.74) is 6.43. The minimum atomic E-state index is -0.173. The van der Waals surface area contributed by atoms with E-state index >= 15 is 0 Å². The number of nitrogens with zero attached hydrogens (tertiary/aromatic N) is 2. The summed E-state index contributed by atoms with van der Waals surface area (Å²) in [6.07, 6.45) is 6.82. The molecule has 2 amide bonds. The third kappa shape index (κ3) is 8.94. The second-order valence-electron chi connectivity index (χ2n) is 7.67. The Bertz CT molecular complexity index is 971. The molecule has 2 N–H and O–H groups in total. The van der Waals surface area contributed by atoms with Crippen molar-refractivity contribution >= 4 is 24.2 Å². The molecular formula is C26H34N4O6. The zero-order chi connectivity index (χ0) is 26.2. The maximum atomic E-state index is 12.0. The Morgan fingerprint density at radius 1 is 0.667 bits per heavy atom. The van der Waals surface area contributed by atoms with E-state index in [2.05, 4.69) is 21.1 Å². The fourth-order valence-corrected chi connectivity index (χ4v) is 3.41. The number of ether oxygens (including phenoxy) is 4. The molecule has 2 aromatic rings. The number of amides is 2. The zero-order valence-electron chi connectivity index (χ0n) is 21.2. The normalized spacial score (nSPS) is 10.9. The monoisotopic (exact) mass is 498 g/mol. The molecule has 10 nitrogen and oxygen atoms in total. The van der Waals surface area contributed by atoms with Crippen LogP contribution < -0.4 is 29.8 Å². The highest BCUT2D eigenvalue weighted by molar-refractivity contribution is 5.87. The summed E-state index contributed by atoms with van der Waals surface area (Å²) in [6.45, 7) is 0. The van der Waals surface area contributed by atoms with Gasteiger partial charge < -0.3 is 18.9 Å². The van der Waals surface area contributed by atoms with E-state index in [1.807, 2.05) is 24.3 Å². The minimum absolute atomic E-state index is 0.173. The first-order valence-corrected chi connectivity index (χ1v) is 11.6. The summed E-state index contributed by atoms with van der Waals surface area (Å²) in [7, 11) is 6.21. The number of nitrogens with one attached hydrogen (secondary N) is 2. The van der Waals surface area contributed by atoms with Crippen LogP contribution in [0.15, 0.2) is 46.6 Å². The molecule has 36 heavy (non-hydrogen) atoms. The molecule has 0 aliphatic rings. The first kappa shape index (κ1) is 28.2. The third-order valence-corrected chi connectivity index (χ3v) is 5.21. The number of benzene rings is 2. The lowest BCUT2D eigenvalue weighted by molar-refractivity contribution is -0.122. The van der Waals surface area contributed by atoms with Gasteiger partial charge in [0.2, 0.25) is 11.8 Å². The van der Waals surface area contributed by atoms with Gasteiger partial charge in [-0.1, -0.05) is 25.0 Å². The van der Waals surface area contributed by atoms with Gasteiger partial charge in [-0.15, -0.1) is 0 Å². The van der Waals surface area contributed by atoms with Crippen LogP contribution in [0.2, 0.25) is 0 Å². The smallest absolute Gasteiger partial charge is 0.240 e. The number of para-hydroxylation sites is 2. The van der Waals surface area contributed by atoms with Gasteiger partial charge in [0.25, 0.3) is 0 Å². The van der Waals surface area contributed by atoms with E-state index in [1.54, 1.807) is 40.6 Å². The van der Waals surface area contributed by atoms with Crippen LogP contribution in [0.3, 0.4) is 0 Å². The van der Waals surface area contributed by atoms with Gasteiger partial charge in [0.15, 0.2) is 23.0 Å². The van der Waals surface area contributed by atoms with Gasteiger partial charge in [0, 0.05) is 24.0 Å². The molecule has 194 valence electrons. The van der Waals surface area contributed by atoms with Crippen LogP contribution in [0.4, 0.5) is 0 Å². The molecule has 2 rings (SSSR count). The van der Waals surface area contributed by atoms with Crippen LogP contribution in [-0.4, -0.2) is 52.7 Å². The molecule has 0 atom stereocenters. The Kier molecular flexibility index (Phi) is 12.3. The molecule has 0 heterocycles. The summed E-state index contributed by atoms with van der Waals surface area (Å²) in [5, 5.41) is 7.99. The molecule has 0 aliphatic heterocycles. The van der Waals surface area contributed by atoms with Gasteiger partial charge in [-0.3, -0.25) is 9.59 Å². The SMILES string of the molecule is COc1cccc(C=NNC(=O)CCCCCCC(=O)NN=Cc2cccc(OC)c2OC)c1OC. The molecule has 0 saturated heterocycles. The van der Waals surface area contributed by atoms with Crippen molar-refractivity contribution in [2.24, 2.45) is 10.2 Å². The Morgan fingerprint density at radius 2 is 1.08 bits per heavy atom. The van der Waals surface area contributed by atoms with Gasteiger partial charge in [-0.25, -0.2) is 10.9 Å². The predicted octanol–water partition coefficient (Wildman–Crippen LogP) is 3.66. The van der Waals surface area contributed by atoms with E-state index in [1.165, 1.54) is 12.4 Å². The molecule has 2 aromatic carbocycles. The van der Waals surface area contributed by atoms with E-state index in [4.69, 9.17) is 18.9 Å². The number of rotatable bonds is 15. The summed E-state index contributed by atoms with van der Waals surface area (Å²) >= 11 is 0. The van der Waals surface area contributed by atoms with Crippen molar-refractivity contribution in [3.8, 4) is 23.0 Å². The molecule has 0 spiro atoms. The van der Waals surface area contributed by atoms with Crippen LogP contribution in [0, 0.1) is 0 Å². The molecule has 10 heteroatoms. The quantitative estimate of drug-likeness (QED) is 0.220. The van der Waals surface area contributed by atoms with Gasteiger partial charge in [-0.2, -0.15) is 10.2 Å². The molecule has 0 unspecified atom stereocenters. The zero-order valence-corrected chi connectivity index (χ0v) is 21.2. The Hall–Kier alpha value is -4.08. The highest BCUT2D eigenvalue weighted by Gasteiger charge is 2.09. The molecular weight excluding hydrogens is 464 g/mol. The highest BCUT2D eigenvalue weighted by Crippen LogP contribution is 2.30. The average Bonchev–Trinajstić information content (AvgIpc) is 2.90. The van der Waals surface area contributed by atoms with Crippen molar-refractivity contribution in [1.82, 2.24) is 10.9 Å². The Balaban J connectivity index is 1.62. The summed E-state index contributed by atoms with van der Waals surface area (Å²) < 4.78 is 21.1. The average molecular weight is 499 g/mol. The van der Waals surface area contributed by atoms with E-state index in [0.29, 0.717) is 59.8 Å². The minimum Gasteiger partial charge on any atom is -0.493 e. The number of methoxy groups -OCH3 is 4. The lowest BCUT2D eigenvalue weighted by Crippen LogP contribution is -2.17. The van der Waals surface area contributed by atoms with E-state index in [0.717, 1.165) is 12.8 Å². The van der Waals surface area contributed by atoms with Crippen LogP contribution in [0.25, 0.3) is 0 Å². The van der Waals surface area contributed by atoms with Crippen LogP contribution >= 0.6 is 0 Å². The van der Waals surface area contributed by atoms with Gasteiger partial charge in [-0.05, 0) is 37.1 Å². The van der Waals surface area contributed by atoms with Crippen molar-refractivity contribution in [3.63, 3.8) is 0 Å². The van der Waals surface area contributed by atoms with Crippen LogP contribution in [-0.2, 0) is 9.59 Å². The van der Waals surface area contributed by atoms with Crippen molar-refractivity contribution in [2.45, 2.75) is 38.5 Å². The van der Waals surface area contributed by atoms with Gasteiger partial charge in [0.05, 0.1) is 40.9 Å². The standard InChI is InChI=1S/C26H34N4O6/c1-33-21-13-9-11-19(25(21)35-3)17-27-29-23(31)15-7-5-6-8-16-24(32)30-28-18-20-12-10-14-22(34-2)26(20)36-4/h9-14,17-18H,5-8,15-16H2,1-4H3,(H,29,31)(H,30,32). The molecule has 0 bridgehead atoms.